The summed E-state index contributed by atoms with van der Waals surface area (Å²) < 4.78 is 4.93. The fourth-order valence-corrected chi connectivity index (χ4v) is 4.20. The quantitative estimate of drug-likeness (QED) is 0.546. The van der Waals surface area contributed by atoms with Crippen molar-refractivity contribution < 1.29 is 14.1 Å². The summed E-state index contributed by atoms with van der Waals surface area (Å²) >= 11 is 1.39. The van der Waals surface area contributed by atoms with E-state index in [1.807, 2.05) is 18.2 Å². The molecule has 1 atom stereocenters. The first-order chi connectivity index (χ1) is 15.0. The van der Waals surface area contributed by atoms with Crippen LogP contribution in [0.25, 0.3) is 0 Å². The number of aryl methyl sites for hydroxylation is 1. The van der Waals surface area contributed by atoms with Gasteiger partial charge in [-0.2, -0.15) is 4.98 Å². The SMILES string of the molecule is CCCCC(NC(=O)CSCc1noc(C)n1)C(=O)Nc1cccc(N2CCCC2)c1. The van der Waals surface area contributed by atoms with Gasteiger partial charge in [0.05, 0.1) is 11.5 Å². The van der Waals surface area contributed by atoms with Crippen LogP contribution < -0.4 is 15.5 Å². The fraction of sp³-hybridized carbons (Fsp3) is 0.545. The normalized spacial score (nSPS) is 14.5. The van der Waals surface area contributed by atoms with Crippen molar-refractivity contribution in [2.75, 3.05) is 29.1 Å². The zero-order valence-corrected chi connectivity index (χ0v) is 19.0. The summed E-state index contributed by atoms with van der Waals surface area (Å²) in [5, 5.41) is 9.69. The van der Waals surface area contributed by atoms with Gasteiger partial charge in [-0.1, -0.05) is 31.0 Å². The lowest BCUT2D eigenvalue weighted by Crippen LogP contribution is -2.44. The van der Waals surface area contributed by atoms with E-state index < -0.39 is 6.04 Å². The van der Waals surface area contributed by atoms with Crippen LogP contribution in [0, 0.1) is 6.92 Å². The Hall–Kier alpha value is -2.55. The van der Waals surface area contributed by atoms with E-state index in [1.165, 1.54) is 24.6 Å². The van der Waals surface area contributed by atoms with Crippen molar-refractivity contribution in [2.45, 2.75) is 57.7 Å². The summed E-state index contributed by atoms with van der Waals surface area (Å²) in [7, 11) is 0. The van der Waals surface area contributed by atoms with E-state index in [2.05, 4.69) is 38.7 Å². The van der Waals surface area contributed by atoms with Gasteiger partial charge in [-0.3, -0.25) is 9.59 Å². The summed E-state index contributed by atoms with van der Waals surface area (Å²) in [5.74, 6) is 1.43. The molecule has 0 spiro atoms. The predicted octanol–water partition coefficient (Wildman–Crippen LogP) is 3.53. The summed E-state index contributed by atoms with van der Waals surface area (Å²) in [6, 6.07) is 7.36. The van der Waals surface area contributed by atoms with Crippen LogP contribution >= 0.6 is 11.8 Å². The van der Waals surface area contributed by atoms with Gasteiger partial charge in [0, 0.05) is 31.4 Å². The number of thioether (sulfide) groups is 1. The highest BCUT2D eigenvalue weighted by Gasteiger charge is 2.21. The number of unbranched alkanes of at least 4 members (excludes halogenated alkanes) is 1. The third kappa shape index (κ3) is 7.27. The number of anilines is 2. The van der Waals surface area contributed by atoms with Gasteiger partial charge in [0.2, 0.25) is 17.7 Å². The zero-order valence-electron chi connectivity index (χ0n) is 18.2. The molecule has 168 valence electrons. The smallest absolute Gasteiger partial charge is 0.246 e. The van der Waals surface area contributed by atoms with Crippen LogP contribution in [-0.4, -0.2) is 46.8 Å². The van der Waals surface area contributed by atoms with E-state index in [1.54, 1.807) is 6.92 Å². The van der Waals surface area contributed by atoms with Gasteiger partial charge in [-0.05, 0) is 37.5 Å². The first kappa shape index (κ1) is 23.1. The lowest BCUT2D eigenvalue weighted by molar-refractivity contribution is -0.125. The number of rotatable bonds is 11. The van der Waals surface area contributed by atoms with Gasteiger partial charge in [0.1, 0.15) is 6.04 Å². The number of nitrogens with one attached hydrogen (secondary N) is 2. The second-order valence-corrected chi connectivity index (χ2v) is 8.70. The highest BCUT2D eigenvalue weighted by molar-refractivity contribution is 7.99. The second-order valence-electron chi connectivity index (χ2n) is 7.72. The number of benzene rings is 1. The monoisotopic (exact) mass is 445 g/mol. The van der Waals surface area contributed by atoms with Crippen molar-refractivity contribution in [3.63, 3.8) is 0 Å². The van der Waals surface area contributed by atoms with Crippen LogP contribution in [-0.2, 0) is 15.3 Å². The molecular formula is C22H31N5O3S. The molecule has 0 aliphatic carbocycles. The summed E-state index contributed by atoms with van der Waals surface area (Å²) in [6.07, 6.45) is 4.82. The van der Waals surface area contributed by atoms with Crippen LogP contribution in [0.1, 0.15) is 50.7 Å². The molecule has 1 aliphatic rings. The molecule has 8 nitrogen and oxygen atoms in total. The Kier molecular flexibility index (Phi) is 8.75. The molecule has 9 heteroatoms. The molecule has 0 radical (unpaired) electrons. The molecule has 2 amide bonds. The summed E-state index contributed by atoms with van der Waals surface area (Å²) in [4.78, 5) is 31.8. The number of nitrogens with zero attached hydrogens (tertiary/aromatic N) is 3. The average Bonchev–Trinajstić information content (AvgIpc) is 3.43. The van der Waals surface area contributed by atoms with Crippen molar-refractivity contribution >= 4 is 35.0 Å². The third-order valence-corrected chi connectivity index (χ3v) is 6.05. The Morgan fingerprint density at radius 3 is 2.81 bits per heavy atom. The largest absolute Gasteiger partial charge is 0.371 e. The van der Waals surface area contributed by atoms with Crippen LogP contribution in [0.2, 0.25) is 0 Å². The maximum absolute atomic E-state index is 12.9. The van der Waals surface area contributed by atoms with Gasteiger partial charge in [0.25, 0.3) is 0 Å². The number of hydrogen-bond donors (Lipinski definition) is 2. The molecule has 2 aromatic rings. The first-order valence-electron chi connectivity index (χ1n) is 10.9. The molecule has 1 aliphatic heterocycles. The van der Waals surface area contributed by atoms with Crippen LogP contribution in [0.3, 0.4) is 0 Å². The van der Waals surface area contributed by atoms with Gasteiger partial charge >= 0.3 is 0 Å². The third-order valence-electron chi connectivity index (χ3n) is 5.12. The van der Waals surface area contributed by atoms with Crippen molar-refractivity contribution in [1.29, 1.82) is 0 Å². The number of carbonyl (C=O) groups is 2. The Morgan fingerprint density at radius 2 is 2.10 bits per heavy atom. The van der Waals surface area contributed by atoms with E-state index in [0.29, 0.717) is 23.9 Å². The predicted molar refractivity (Wildman–Crippen MR) is 123 cm³/mol. The molecule has 1 unspecified atom stereocenters. The lowest BCUT2D eigenvalue weighted by atomic mass is 10.1. The van der Waals surface area contributed by atoms with E-state index in [0.717, 1.165) is 37.3 Å². The molecule has 0 saturated carbocycles. The molecule has 31 heavy (non-hydrogen) atoms. The minimum absolute atomic E-state index is 0.174. The molecule has 1 aromatic heterocycles. The Balaban J connectivity index is 1.53. The summed E-state index contributed by atoms with van der Waals surface area (Å²) in [6.45, 7) is 5.89. The molecule has 3 rings (SSSR count). The number of hydrogen-bond acceptors (Lipinski definition) is 7. The van der Waals surface area contributed by atoms with Crippen LogP contribution in [0.4, 0.5) is 11.4 Å². The van der Waals surface area contributed by atoms with Crippen molar-refractivity contribution in [3.8, 4) is 0 Å². The van der Waals surface area contributed by atoms with Crippen molar-refractivity contribution in [3.05, 3.63) is 36.0 Å². The number of aromatic nitrogens is 2. The molecule has 0 bridgehead atoms. The molecule has 1 fully saturated rings. The highest BCUT2D eigenvalue weighted by atomic mass is 32.2. The minimum Gasteiger partial charge on any atom is -0.371 e. The van der Waals surface area contributed by atoms with Gasteiger partial charge < -0.3 is 20.1 Å². The fourth-order valence-electron chi connectivity index (χ4n) is 3.53. The second kappa shape index (κ2) is 11.7. The van der Waals surface area contributed by atoms with E-state index in [4.69, 9.17) is 4.52 Å². The minimum atomic E-state index is -0.559. The lowest BCUT2D eigenvalue weighted by Gasteiger charge is -2.20. The Bertz CT molecular complexity index is 866. The van der Waals surface area contributed by atoms with Crippen molar-refractivity contribution in [1.82, 2.24) is 15.5 Å². The van der Waals surface area contributed by atoms with Gasteiger partial charge in [0.15, 0.2) is 5.82 Å². The van der Waals surface area contributed by atoms with Crippen molar-refractivity contribution in [2.24, 2.45) is 0 Å². The first-order valence-corrected chi connectivity index (χ1v) is 12.0. The number of amides is 2. The molecule has 1 saturated heterocycles. The van der Waals surface area contributed by atoms with Crippen LogP contribution in [0.15, 0.2) is 28.8 Å². The maximum atomic E-state index is 12.9. The topological polar surface area (TPSA) is 100 Å². The van der Waals surface area contributed by atoms with E-state index in [9.17, 15) is 9.59 Å². The number of carbonyl (C=O) groups excluding carboxylic acids is 2. The van der Waals surface area contributed by atoms with Gasteiger partial charge in [-0.25, -0.2) is 0 Å². The molecular weight excluding hydrogens is 414 g/mol. The Morgan fingerprint density at radius 1 is 1.29 bits per heavy atom. The van der Waals surface area contributed by atoms with E-state index >= 15 is 0 Å². The van der Waals surface area contributed by atoms with E-state index in [-0.39, 0.29) is 17.6 Å². The standard InChI is InChI=1S/C22H31N5O3S/c1-3-4-10-19(25-21(28)15-31-14-20-23-16(2)30-26-20)22(29)24-17-8-7-9-18(13-17)27-11-5-6-12-27/h7-9,13,19H,3-6,10-12,14-15H2,1-2H3,(H,24,29)(H,25,28). The molecule has 2 N–H and O–H groups in total. The van der Waals surface area contributed by atoms with Gasteiger partial charge in [-0.15, -0.1) is 11.8 Å². The zero-order chi connectivity index (χ0) is 22.1. The Labute approximate surface area is 187 Å². The van der Waals surface area contributed by atoms with Crippen LogP contribution in [0.5, 0.6) is 0 Å². The molecule has 1 aromatic carbocycles. The highest BCUT2D eigenvalue weighted by Crippen LogP contribution is 2.23. The summed E-state index contributed by atoms with van der Waals surface area (Å²) in [5.41, 5.74) is 1.88. The maximum Gasteiger partial charge on any atom is 0.246 e. The average molecular weight is 446 g/mol. The molecule has 2 heterocycles.